The van der Waals surface area contributed by atoms with Crippen LogP contribution in [0.3, 0.4) is 0 Å². The quantitative estimate of drug-likeness (QED) is 0.428. The van der Waals surface area contributed by atoms with Crippen LogP contribution in [0.15, 0.2) is 36.4 Å². The van der Waals surface area contributed by atoms with Crippen LogP contribution in [0.25, 0.3) is 4.85 Å². The number of hydrogen-bond acceptors (Lipinski definition) is 0. The zero-order valence-corrected chi connectivity index (χ0v) is 16.3. The van der Waals surface area contributed by atoms with E-state index < -0.39 is 0 Å². The first-order valence-electron chi connectivity index (χ1n) is 7.99. The molecule has 0 spiro atoms. The van der Waals surface area contributed by atoms with E-state index in [0.717, 1.165) is 0 Å². The molecule has 2 aromatic rings. The molecular weight excluding hydrogens is 340 g/mol. The van der Waals surface area contributed by atoms with Crippen molar-refractivity contribution in [1.82, 2.24) is 0 Å². The third-order valence-electron chi connectivity index (χ3n) is 3.63. The third-order valence-corrected chi connectivity index (χ3v) is 3.86. The molecule has 0 atom stereocenters. The van der Waals surface area contributed by atoms with Crippen molar-refractivity contribution in [2.45, 2.75) is 52.4 Å². The van der Waals surface area contributed by atoms with Crippen LogP contribution in [-0.4, -0.2) is 0 Å². The summed E-state index contributed by atoms with van der Waals surface area (Å²) in [5.41, 5.74) is 1.34. The molecule has 134 valence electrons. The number of halogens is 3. The lowest BCUT2D eigenvalue weighted by Gasteiger charge is -2.19. The minimum atomic E-state index is -0.291. The monoisotopic (exact) mass is 363 g/mol. The summed E-state index contributed by atoms with van der Waals surface area (Å²) in [5, 5.41) is 0.445. The topological polar surface area (TPSA) is 4.36 Å². The summed E-state index contributed by atoms with van der Waals surface area (Å²) in [6.45, 7) is 18.5. The lowest BCUT2D eigenvalue weighted by atomic mass is 9.86. The normalized spacial score (nSPS) is 11.4. The molecule has 0 radical (unpaired) electrons. The highest BCUT2D eigenvalue weighted by Gasteiger charge is 2.18. The van der Waals surface area contributed by atoms with Gasteiger partial charge in [-0.2, -0.15) is 0 Å². The first-order valence-corrected chi connectivity index (χ1v) is 8.37. The molecule has 0 fully saturated rings. The number of benzene rings is 2. The lowest BCUT2D eigenvalue weighted by molar-refractivity contribution is 0.522. The maximum atomic E-state index is 13.4. The van der Waals surface area contributed by atoms with Gasteiger partial charge in [0.1, 0.15) is 11.6 Å². The van der Waals surface area contributed by atoms with E-state index in [2.05, 4.69) is 4.85 Å². The van der Waals surface area contributed by atoms with Crippen molar-refractivity contribution in [2.75, 3.05) is 0 Å². The predicted octanol–water partition coefficient (Wildman–Crippen LogP) is 7.45. The molecule has 0 unspecified atom stereocenters. The highest BCUT2D eigenvalue weighted by atomic mass is 35.5. The van der Waals surface area contributed by atoms with E-state index >= 15 is 0 Å². The highest BCUT2D eigenvalue weighted by molar-refractivity contribution is 6.30. The second-order valence-electron chi connectivity index (χ2n) is 7.90. The van der Waals surface area contributed by atoms with Gasteiger partial charge in [0.05, 0.1) is 6.57 Å². The summed E-state index contributed by atoms with van der Waals surface area (Å²) in [5.74, 6) is -0.518. The highest BCUT2D eigenvalue weighted by Crippen LogP contribution is 2.28. The Balaban J connectivity index is 0.000000251. The number of rotatable bonds is 0. The van der Waals surface area contributed by atoms with E-state index in [0.29, 0.717) is 21.8 Å². The molecule has 0 N–H and O–H groups in total. The van der Waals surface area contributed by atoms with Crippen LogP contribution >= 0.6 is 11.6 Å². The van der Waals surface area contributed by atoms with Gasteiger partial charge >= 0.3 is 0 Å². The third kappa shape index (κ3) is 6.14. The molecule has 0 saturated carbocycles. The van der Waals surface area contributed by atoms with Crippen LogP contribution in [0.1, 0.15) is 52.7 Å². The van der Waals surface area contributed by atoms with Crippen molar-refractivity contribution >= 4 is 17.3 Å². The molecular formula is C21H24ClF2N. The average molecular weight is 364 g/mol. The Hall–Kier alpha value is -1.92. The van der Waals surface area contributed by atoms with Gasteiger partial charge in [-0.1, -0.05) is 71.3 Å². The summed E-state index contributed by atoms with van der Waals surface area (Å²) >= 11 is 5.63. The van der Waals surface area contributed by atoms with Crippen LogP contribution in [0.5, 0.6) is 0 Å². The standard InChI is InChI=1S/C11H12FN.C10H12ClF/c1-11(2,3)9-6-5-8(13-4)7-10(9)12;1-10(2,3)8-5-4-7(11)6-9(8)12/h5-7H,1-3H3;4-6H,1-3H3. The molecule has 1 nitrogen and oxygen atoms in total. The zero-order valence-electron chi connectivity index (χ0n) is 15.5. The fourth-order valence-corrected chi connectivity index (χ4v) is 2.44. The molecule has 0 aromatic heterocycles. The van der Waals surface area contributed by atoms with Gasteiger partial charge in [0.15, 0.2) is 5.69 Å². The maximum Gasteiger partial charge on any atom is 0.190 e. The summed E-state index contributed by atoms with van der Waals surface area (Å²) in [6, 6.07) is 9.41. The molecule has 25 heavy (non-hydrogen) atoms. The van der Waals surface area contributed by atoms with E-state index in [9.17, 15) is 8.78 Å². The van der Waals surface area contributed by atoms with E-state index in [4.69, 9.17) is 18.2 Å². The molecule has 0 aliphatic heterocycles. The van der Waals surface area contributed by atoms with Crippen LogP contribution in [0.4, 0.5) is 14.5 Å². The summed E-state index contributed by atoms with van der Waals surface area (Å²) in [4.78, 5) is 3.16. The van der Waals surface area contributed by atoms with Crippen LogP contribution in [0, 0.1) is 18.2 Å². The summed E-state index contributed by atoms with van der Waals surface area (Å²) in [7, 11) is 0. The van der Waals surface area contributed by atoms with Gasteiger partial charge < -0.3 is 0 Å². The molecule has 2 aromatic carbocycles. The predicted molar refractivity (Wildman–Crippen MR) is 101 cm³/mol. The molecule has 4 heteroatoms. The smallest absolute Gasteiger partial charge is 0.190 e. The van der Waals surface area contributed by atoms with E-state index in [1.54, 1.807) is 24.3 Å². The zero-order chi connectivity index (χ0) is 19.4. The second-order valence-corrected chi connectivity index (χ2v) is 8.34. The largest absolute Gasteiger partial charge is 0.238 e. The molecule has 0 bridgehead atoms. The van der Waals surface area contributed by atoms with Gasteiger partial charge in [0.2, 0.25) is 0 Å². The van der Waals surface area contributed by atoms with Crippen LogP contribution in [0.2, 0.25) is 5.02 Å². The maximum absolute atomic E-state index is 13.4. The number of hydrogen-bond donors (Lipinski definition) is 0. The Labute approximate surface area is 154 Å². The van der Waals surface area contributed by atoms with Crippen molar-refractivity contribution in [3.8, 4) is 0 Å². The van der Waals surface area contributed by atoms with Crippen molar-refractivity contribution < 1.29 is 8.78 Å². The number of nitrogens with zero attached hydrogens (tertiary/aromatic N) is 1. The summed E-state index contributed by atoms with van der Waals surface area (Å²) in [6.07, 6.45) is 0. The molecule has 0 aliphatic rings. The molecule has 0 aliphatic carbocycles. The van der Waals surface area contributed by atoms with Gasteiger partial charge in [0, 0.05) is 5.02 Å². The van der Waals surface area contributed by atoms with E-state index in [1.165, 1.54) is 12.1 Å². The SMILES string of the molecule is CC(C)(C)c1ccc(Cl)cc1F.[C-]#[N+]c1ccc(C(C)(C)C)c(F)c1. The van der Waals surface area contributed by atoms with Gasteiger partial charge in [-0.3, -0.25) is 0 Å². The summed E-state index contributed by atoms with van der Waals surface area (Å²) < 4.78 is 26.7. The Bertz CT molecular complexity index is 778. The molecule has 0 amide bonds. The van der Waals surface area contributed by atoms with Gasteiger partial charge in [0.25, 0.3) is 0 Å². The van der Waals surface area contributed by atoms with Crippen molar-refractivity contribution in [1.29, 1.82) is 0 Å². The molecule has 2 rings (SSSR count). The Morgan fingerprint density at radius 2 is 1.24 bits per heavy atom. The minimum Gasteiger partial charge on any atom is -0.238 e. The van der Waals surface area contributed by atoms with Gasteiger partial charge in [-0.15, -0.1) is 0 Å². The Kier molecular flexibility index (Phi) is 6.74. The van der Waals surface area contributed by atoms with Gasteiger partial charge in [-0.25, -0.2) is 13.6 Å². The average Bonchev–Trinajstić information content (AvgIpc) is 2.44. The van der Waals surface area contributed by atoms with E-state index in [1.807, 2.05) is 41.5 Å². The minimum absolute atomic E-state index is 0.158. The molecule has 0 saturated heterocycles. The first-order chi connectivity index (χ1) is 11.4. The van der Waals surface area contributed by atoms with Crippen molar-refractivity contribution in [3.05, 3.63) is 75.6 Å². The van der Waals surface area contributed by atoms with Gasteiger partial charge in [-0.05, 0) is 40.2 Å². The first kappa shape index (κ1) is 21.1. The van der Waals surface area contributed by atoms with Crippen molar-refractivity contribution in [3.63, 3.8) is 0 Å². The van der Waals surface area contributed by atoms with E-state index in [-0.39, 0.29) is 22.5 Å². The van der Waals surface area contributed by atoms with Crippen molar-refractivity contribution in [2.24, 2.45) is 0 Å². The second kappa shape index (κ2) is 7.97. The lowest BCUT2D eigenvalue weighted by Crippen LogP contribution is -2.13. The Morgan fingerprint density at radius 1 is 0.800 bits per heavy atom. The molecule has 0 heterocycles. The fourth-order valence-electron chi connectivity index (χ4n) is 2.28. The van der Waals surface area contributed by atoms with Crippen LogP contribution < -0.4 is 0 Å². The van der Waals surface area contributed by atoms with Crippen LogP contribution in [-0.2, 0) is 10.8 Å². The Morgan fingerprint density at radius 3 is 1.60 bits per heavy atom. The fraction of sp³-hybridized carbons (Fsp3) is 0.381.